The molecule has 0 saturated carbocycles. The topological polar surface area (TPSA) is 34.1 Å². The summed E-state index contributed by atoms with van der Waals surface area (Å²) in [5, 5.41) is 4.35. The smallest absolute Gasteiger partial charge is 0.121 e. The lowest BCUT2D eigenvalue weighted by Gasteiger charge is -2.29. The van der Waals surface area contributed by atoms with Crippen molar-refractivity contribution in [3.05, 3.63) is 47.7 Å². The van der Waals surface area contributed by atoms with Crippen LogP contribution in [0.15, 0.2) is 42.7 Å². The molecule has 3 atom stereocenters. The number of benzene rings is 1. The molecule has 1 aromatic carbocycles. The van der Waals surface area contributed by atoms with E-state index < -0.39 is 0 Å². The Labute approximate surface area is 135 Å². The van der Waals surface area contributed by atoms with Gasteiger partial charge in [0.1, 0.15) is 11.9 Å². The van der Waals surface area contributed by atoms with Crippen molar-refractivity contribution in [1.29, 1.82) is 0 Å². The average Bonchev–Trinajstić information content (AvgIpc) is 2.86. The van der Waals surface area contributed by atoms with Gasteiger partial charge in [0, 0.05) is 29.5 Å². The summed E-state index contributed by atoms with van der Waals surface area (Å²) in [6, 6.07) is 11.2. The number of fused-ring (bicyclic) bond motifs is 2. The fourth-order valence-corrected chi connectivity index (χ4v) is 3.86. The van der Waals surface area contributed by atoms with E-state index >= 15 is 0 Å². The molecule has 4 heteroatoms. The first-order valence-corrected chi connectivity index (χ1v) is 8.28. The molecule has 0 aliphatic carbocycles. The summed E-state index contributed by atoms with van der Waals surface area (Å²) in [5.41, 5.74) is 2.18. The van der Waals surface area contributed by atoms with Gasteiger partial charge in [-0.2, -0.15) is 0 Å². The third kappa shape index (κ3) is 2.96. The Bertz CT molecular complexity index is 649. The molecule has 2 fully saturated rings. The fourth-order valence-electron chi connectivity index (χ4n) is 3.64. The summed E-state index contributed by atoms with van der Waals surface area (Å²) in [7, 11) is 0. The van der Waals surface area contributed by atoms with Gasteiger partial charge in [-0.15, -0.1) is 0 Å². The quantitative estimate of drug-likeness (QED) is 0.927. The van der Waals surface area contributed by atoms with E-state index in [0.717, 1.165) is 29.7 Å². The highest BCUT2D eigenvalue weighted by Crippen LogP contribution is 2.33. The van der Waals surface area contributed by atoms with Crippen molar-refractivity contribution in [1.82, 2.24) is 10.3 Å². The van der Waals surface area contributed by atoms with Gasteiger partial charge in [0.2, 0.25) is 0 Å². The second-order valence-corrected chi connectivity index (χ2v) is 6.70. The Hall–Kier alpha value is -1.58. The fraction of sp³-hybridized carbons (Fsp3) is 0.389. The van der Waals surface area contributed by atoms with E-state index in [-0.39, 0.29) is 0 Å². The Kier molecular flexibility index (Phi) is 3.77. The molecule has 2 bridgehead atoms. The molecule has 22 heavy (non-hydrogen) atoms. The summed E-state index contributed by atoms with van der Waals surface area (Å²) in [6.07, 6.45) is 8.62. The molecule has 2 aliphatic heterocycles. The number of piperidine rings is 1. The van der Waals surface area contributed by atoms with Crippen LogP contribution < -0.4 is 10.1 Å². The summed E-state index contributed by atoms with van der Waals surface area (Å²) in [6.45, 7) is 0. The van der Waals surface area contributed by atoms with E-state index in [0.29, 0.717) is 23.2 Å². The van der Waals surface area contributed by atoms with Crippen LogP contribution in [0.5, 0.6) is 5.75 Å². The number of hydrogen-bond acceptors (Lipinski definition) is 3. The van der Waals surface area contributed by atoms with E-state index in [9.17, 15) is 0 Å². The van der Waals surface area contributed by atoms with E-state index in [4.69, 9.17) is 16.3 Å². The molecule has 2 aromatic rings. The number of nitrogens with one attached hydrogen (secondary N) is 1. The van der Waals surface area contributed by atoms with E-state index in [1.807, 2.05) is 24.3 Å². The average molecular weight is 315 g/mol. The lowest BCUT2D eigenvalue weighted by atomic mass is 10.0. The van der Waals surface area contributed by atoms with Crippen LogP contribution in [-0.4, -0.2) is 23.2 Å². The first kappa shape index (κ1) is 14.0. The summed E-state index contributed by atoms with van der Waals surface area (Å²) in [4.78, 5) is 4.06. The molecule has 4 rings (SSSR count). The maximum Gasteiger partial charge on any atom is 0.121 e. The van der Waals surface area contributed by atoms with Crippen molar-refractivity contribution in [2.45, 2.75) is 43.9 Å². The van der Waals surface area contributed by atoms with Gasteiger partial charge in [-0.3, -0.25) is 4.98 Å². The Morgan fingerprint density at radius 1 is 1.00 bits per heavy atom. The maximum absolute atomic E-state index is 6.28. The van der Waals surface area contributed by atoms with Crippen molar-refractivity contribution in [3.63, 3.8) is 0 Å². The van der Waals surface area contributed by atoms with Gasteiger partial charge in [0.05, 0.1) is 0 Å². The van der Waals surface area contributed by atoms with Crippen molar-refractivity contribution in [2.24, 2.45) is 0 Å². The number of ether oxygens (including phenoxy) is 1. The van der Waals surface area contributed by atoms with Crippen molar-refractivity contribution < 1.29 is 4.74 Å². The van der Waals surface area contributed by atoms with Crippen LogP contribution in [0.3, 0.4) is 0 Å². The van der Waals surface area contributed by atoms with E-state index in [1.165, 1.54) is 12.8 Å². The first-order valence-electron chi connectivity index (χ1n) is 7.90. The molecule has 3 nitrogen and oxygen atoms in total. The van der Waals surface area contributed by atoms with Crippen LogP contribution in [0.4, 0.5) is 0 Å². The van der Waals surface area contributed by atoms with Gasteiger partial charge in [-0.05, 0) is 67.1 Å². The predicted molar refractivity (Wildman–Crippen MR) is 88.3 cm³/mol. The van der Waals surface area contributed by atoms with Crippen LogP contribution in [0.1, 0.15) is 25.7 Å². The molecule has 2 aliphatic rings. The summed E-state index contributed by atoms with van der Waals surface area (Å²) < 4.78 is 6.24. The second-order valence-electron chi connectivity index (χ2n) is 6.26. The van der Waals surface area contributed by atoms with Gasteiger partial charge in [-0.25, -0.2) is 0 Å². The van der Waals surface area contributed by atoms with Crippen LogP contribution in [0, 0.1) is 0 Å². The minimum atomic E-state index is 0.294. The molecule has 3 heterocycles. The predicted octanol–water partition coefficient (Wildman–Crippen LogP) is 4.06. The normalized spacial score (nSPS) is 26.9. The largest absolute Gasteiger partial charge is 0.490 e. The van der Waals surface area contributed by atoms with Gasteiger partial charge in [-0.1, -0.05) is 11.6 Å². The molecule has 1 N–H and O–H groups in total. The van der Waals surface area contributed by atoms with Crippen LogP contribution in [-0.2, 0) is 0 Å². The SMILES string of the molecule is Clc1cc(OC2C[C@H]3CC[C@@H](C2)N3)cc(-c2ccncc2)c1. The van der Waals surface area contributed by atoms with Gasteiger partial charge in [0.25, 0.3) is 0 Å². The lowest BCUT2D eigenvalue weighted by Crippen LogP contribution is -2.42. The number of nitrogens with zero attached hydrogens (tertiary/aromatic N) is 1. The minimum Gasteiger partial charge on any atom is -0.490 e. The third-order valence-corrected chi connectivity index (χ3v) is 4.84. The molecular weight excluding hydrogens is 296 g/mol. The maximum atomic E-state index is 6.28. The van der Waals surface area contributed by atoms with E-state index in [1.54, 1.807) is 12.4 Å². The molecule has 1 aromatic heterocycles. The standard InChI is InChI=1S/C18H19ClN2O/c19-14-7-13(12-3-5-20-6-4-12)8-17(9-14)22-18-10-15-1-2-16(11-18)21-15/h3-9,15-16,18,21H,1-2,10-11H2/t15-,16+,18?. The summed E-state index contributed by atoms with van der Waals surface area (Å²) >= 11 is 6.28. The Balaban J connectivity index is 1.56. The molecule has 0 amide bonds. The van der Waals surface area contributed by atoms with Gasteiger partial charge in [0.15, 0.2) is 0 Å². The summed E-state index contributed by atoms with van der Waals surface area (Å²) in [5.74, 6) is 0.866. The molecular formula is C18H19ClN2O. The van der Waals surface area contributed by atoms with Crippen molar-refractivity contribution >= 4 is 11.6 Å². The number of aromatic nitrogens is 1. The molecule has 1 unspecified atom stereocenters. The highest BCUT2D eigenvalue weighted by molar-refractivity contribution is 6.31. The zero-order valence-electron chi connectivity index (χ0n) is 12.3. The zero-order valence-corrected chi connectivity index (χ0v) is 13.1. The van der Waals surface area contributed by atoms with Crippen molar-refractivity contribution in [3.8, 4) is 16.9 Å². The number of hydrogen-bond donors (Lipinski definition) is 1. The van der Waals surface area contributed by atoms with E-state index in [2.05, 4.69) is 16.4 Å². The lowest BCUT2D eigenvalue weighted by molar-refractivity contribution is 0.137. The highest BCUT2D eigenvalue weighted by atomic mass is 35.5. The Morgan fingerprint density at radius 2 is 1.73 bits per heavy atom. The van der Waals surface area contributed by atoms with Gasteiger partial charge >= 0.3 is 0 Å². The monoisotopic (exact) mass is 314 g/mol. The minimum absolute atomic E-state index is 0.294. The second kappa shape index (κ2) is 5.90. The zero-order chi connectivity index (χ0) is 14.9. The first-order chi connectivity index (χ1) is 10.8. The van der Waals surface area contributed by atoms with Crippen LogP contribution >= 0.6 is 11.6 Å². The van der Waals surface area contributed by atoms with Crippen LogP contribution in [0.25, 0.3) is 11.1 Å². The highest BCUT2D eigenvalue weighted by Gasteiger charge is 2.34. The van der Waals surface area contributed by atoms with Gasteiger partial charge < -0.3 is 10.1 Å². The number of rotatable bonds is 3. The Morgan fingerprint density at radius 3 is 2.45 bits per heavy atom. The number of halogens is 1. The van der Waals surface area contributed by atoms with Crippen molar-refractivity contribution in [2.75, 3.05) is 0 Å². The number of pyridine rings is 1. The molecule has 0 radical (unpaired) electrons. The third-order valence-electron chi connectivity index (χ3n) is 4.62. The molecule has 114 valence electrons. The molecule has 2 saturated heterocycles. The van der Waals surface area contributed by atoms with Crippen LogP contribution in [0.2, 0.25) is 5.02 Å². The molecule has 0 spiro atoms.